The number of benzene rings is 3. The summed E-state index contributed by atoms with van der Waals surface area (Å²) in [5.41, 5.74) is 2.42. The number of carbonyl (C=O) groups is 1. The number of aromatic nitrogens is 2. The van der Waals surface area contributed by atoms with E-state index in [1.807, 2.05) is 36.4 Å². The minimum atomic E-state index is -0.308. The van der Waals surface area contributed by atoms with E-state index in [0.29, 0.717) is 35.3 Å². The fraction of sp³-hybridized carbons (Fsp3) is 0.0833. The van der Waals surface area contributed by atoms with Crippen LogP contribution in [-0.2, 0) is 13.2 Å². The van der Waals surface area contributed by atoms with Gasteiger partial charge in [-0.3, -0.25) is 9.48 Å². The van der Waals surface area contributed by atoms with Gasteiger partial charge in [0.1, 0.15) is 18.2 Å². The van der Waals surface area contributed by atoms with Crippen molar-refractivity contribution < 1.29 is 13.9 Å². The predicted octanol–water partition coefficient (Wildman–Crippen LogP) is 5.56. The lowest BCUT2D eigenvalue weighted by molar-refractivity contribution is 0.102. The molecule has 1 aromatic heterocycles. The van der Waals surface area contributed by atoms with Gasteiger partial charge in [-0.2, -0.15) is 5.10 Å². The smallest absolute Gasteiger partial charge is 0.256 e. The van der Waals surface area contributed by atoms with Gasteiger partial charge >= 0.3 is 0 Å². The Morgan fingerprint density at radius 1 is 1.00 bits per heavy atom. The number of hydrogen-bond donors (Lipinski definition) is 1. The Labute approximate surface area is 184 Å². The van der Waals surface area contributed by atoms with E-state index in [1.54, 1.807) is 41.2 Å². The molecule has 0 bridgehead atoms. The van der Waals surface area contributed by atoms with E-state index < -0.39 is 0 Å². The van der Waals surface area contributed by atoms with Gasteiger partial charge in [0.25, 0.3) is 5.91 Å². The third kappa shape index (κ3) is 5.71. The molecule has 0 saturated heterocycles. The van der Waals surface area contributed by atoms with E-state index in [9.17, 15) is 9.18 Å². The van der Waals surface area contributed by atoms with Crippen molar-refractivity contribution in [2.75, 3.05) is 5.32 Å². The van der Waals surface area contributed by atoms with Crippen LogP contribution in [-0.4, -0.2) is 15.7 Å². The van der Waals surface area contributed by atoms with Crippen molar-refractivity contribution in [3.63, 3.8) is 0 Å². The molecule has 31 heavy (non-hydrogen) atoms. The number of anilines is 1. The van der Waals surface area contributed by atoms with Crippen LogP contribution in [0.3, 0.4) is 0 Å². The molecule has 7 heteroatoms. The van der Waals surface area contributed by atoms with Crippen molar-refractivity contribution in [2.45, 2.75) is 13.2 Å². The van der Waals surface area contributed by atoms with Gasteiger partial charge in [0.2, 0.25) is 0 Å². The minimum Gasteiger partial charge on any atom is -0.489 e. The first kappa shape index (κ1) is 20.6. The van der Waals surface area contributed by atoms with E-state index >= 15 is 0 Å². The maximum absolute atomic E-state index is 12.9. The van der Waals surface area contributed by atoms with E-state index in [1.165, 1.54) is 12.1 Å². The standard InChI is InChI=1S/C24H19ClFN3O2/c25-20-3-1-2-18(14-20)15-29-13-12-23(28-29)27-24(30)19-6-4-17(5-7-19)16-31-22-10-8-21(26)9-11-22/h1-14H,15-16H2,(H,27,28,30). The Morgan fingerprint density at radius 2 is 1.77 bits per heavy atom. The van der Waals surface area contributed by atoms with Crippen LogP contribution in [0.15, 0.2) is 85.1 Å². The highest BCUT2D eigenvalue weighted by Crippen LogP contribution is 2.15. The summed E-state index contributed by atoms with van der Waals surface area (Å²) in [5, 5.41) is 7.85. The van der Waals surface area contributed by atoms with Crippen LogP contribution in [0.2, 0.25) is 5.02 Å². The third-order valence-corrected chi connectivity index (χ3v) is 4.79. The van der Waals surface area contributed by atoms with E-state index in [4.69, 9.17) is 16.3 Å². The molecular weight excluding hydrogens is 417 g/mol. The highest BCUT2D eigenvalue weighted by atomic mass is 35.5. The van der Waals surface area contributed by atoms with Gasteiger partial charge < -0.3 is 10.1 Å². The molecule has 5 nitrogen and oxygen atoms in total. The summed E-state index contributed by atoms with van der Waals surface area (Å²) in [6, 6.07) is 22.2. The summed E-state index contributed by atoms with van der Waals surface area (Å²) in [6.07, 6.45) is 1.80. The van der Waals surface area contributed by atoms with Crippen LogP contribution in [0.5, 0.6) is 5.75 Å². The van der Waals surface area contributed by atoms with Crippen LogP contribution in [0.1, 0.15) is 21.5 Å². The summed E-state index contributed by atoms with van der Waals surface area (Å²) >= 11 is 6.01. The molecule has 3 aromatic carbocycles. The second-order valence-corrected chi connectivity index (χ2v) is 7.36. The van der Waals surface area contributed by atoms with Gasteiger partial charge in [0.15, 0.2) is 5.82 Å². The highest BCUT2D eigenvalue weighted by molar-refractivity contribution is 6.30. The van der Waals surface area contributed by atoms with Crippen LogP contribution in [0.4, 0.5) is 10.2 Å². The first-order valence-electron chi connectivity index (χ1n) is 9.62. The normalized spacial score (nSPS) is 10.6. The topological polar surface area (TPSA) is 56.2 Å². The second kappa shape index (κ2) is 9.45. The fourth-order valence-corrected chi connectivity index (χ4v) is 3.19. The average Bonchev–Trinajstić information content (AvgIpc) is 3.20. The molecule has 0 unspecified atom stereocenters. The van der Waals surface area contributed by atoms with E-state index in [-0.39, 0.29) is 11.7 Å². The Kier molecular flexibility index (Phi) is 6.29. The number of carbonyl (C=O) groups excluding carboxylic acids is 1. The van der Waals surface area contributed by atoms with Gasteiger partial charge in [-0.25, -0.2) is 4.39 Å². The number of hydrogen-bond acceptors (Lipinski definition) is 3. The molecule has 0 aliphatic rings. The Balaban J connectivity index is 1.32. The molecule has 1 amide bonds. The van der Waals surface area contributed by atoms with Crippen LogP contribution in [0, 0.1) is 5.82 Å². The lowest BCUT2D eigenvalue weighted by Gasteiger charge is -2.07. The Morgan fingerprint density at radius 3 is 2.52 bits per heavy atom. The Hall–Kier alpha value is -3.64. The number of rotatable bonds is 7. The van der Waals surface area contributed by atoms with E-state index in [0.717, 1.165) is 11.1 Å². The molecule has 4 rings (SSSR count). The lowest BCUT2D eigenvalue weighted by atomic mass is 10.1. The monoisotopic (exact) mass is 435 g/mol. The first-order valence-corrected chi connectivity index (χ1v) is 9.99. The van der Waals surface area contributed by atoms with Crippen LogP contribution in [0.25, 0.3) is 0 Å². The van der Waals surface area contributed by atoms with Crippen LogP contribution < -0.4 is 10.1 Å². The fourth-order valence-electron chi connectivity index (χ4n) is 2.98. The van der Waals surface area contributed by atoms with Gasteiger partial charge in [-0.05, 0) is 59.7 Å². The zero-order valence-electron chi connectivity index (χ0n) is 16.5. The summed E-state index contributed by atoms with van der Waals surface area (Å²) < 4.78 is 20.3. The van der Waals surface area contributed by atoms with Crippen LogP contribution >= 0.6 is 11.6 Å². The quantitative estimate of drug-likeness (QED) is 0.413. The molecule has 1 N–H and O–H groups in total. The zero-order chi connectivity index (χ0) is 21.6. The average molecular weight is 436 g/mol. The van der Waals surface area contributed by atoms with Gasteiger partial charge in [-0.1, -0.05) is 35.9 Å². The number of nitrogens with zero attached hydrogens (tertiary/aromatic N) is 2. The third-order valence-electron chi connectivity index (χ3n) is 4.55. The summed E-state index contributed by atoms with van der Waals surface area (Å²) in [7, 11) is 0. The molecule has 156 valence electrons. The van der Waals surface area contributed by atoms with Gasteiger partial charge in [0.05, 0.1) is 6.54 Å². The molecule has 0 saturated carbocycles. The summed E-state index contributed by atoms with van der Waals surface area (Å²) in [4.78, 5) is 12.5. The molecule has 0 spiro atoms. The Bertz CT molecular complexity index is 1170. The predicted molar refractivity (Wildman–Crippen MR) is 118 cm³/mol. The van der Waals surface area contributed by atoms with Gasteiger partial charge in [0, 0.05) is 22.8 Å². The molecule has 4 aromatic rings. The number of halogens is 2. The highest BCUT2D eigenvalue weighted by Gasteiger charge is 2.09. The summed E-state index contributed by atoms with van der Waals surface area (Å²) in [6.45, 7) is 0.876. The van der Waals surface area contributed by atoms with E-state index in [2.05, 4.69) is 10.4 Å². The molecular formula is C24H19ClFN3O2. The van der Waals surface area contributed by atoms with Crippen molar-refractivity contribution in [3.05, 3.63) is 113 Å². The second-order valence-electron chi connectivity index (χ2n) is 6.92. The van der Waals surface area contributed by atoms with Gasteiger partial charge in [-0.15, -0.1) is 0 Å². The molecule has 0 fully saturated rings. The van der Waals surface area contributed by atoms with Crippen molar-refractivity contribution in [3.8, 4) is 5.75 Å². The molecule has 0 aliphatic carbocycles. The van der Waals surface area contributed by atoms with Crippen molar-refractivity contribution in [2.24, 2.45) is 0 Å². The molecule has 0 atom stereocenters. The van der Waals surface area contributed by atoms with Crippen molar-refractivity contribution in [1.82, 2.24) is 9.78 Å². The number of amides is 1. The zero-order valence-corrected chi connectivity index (χ0v) is 17.2. The maximum atomic E-state index is 12.9. The number of ether oxygens (including phenoxy) is 1. The minimum absolute atomic E-state index is 0.251. The molecule has 1 heterocycles. The SMILES string of the molecule is O=C(Nc1ccn(Cc2cccc(Cl)c2)n1)c1ccc(COc2ccc(F)cc2)cc1. The molecule has 0 radical (unpaired) electrons. The lowest BCUT2D eigenvalue weighted by Crippen LogP contribution is -2.13. The van der Waals surface area contributed by atoms with Crippen molar-refractivity contribution in [1.29, 1.82) is 0 Å². The first-order chi connectivity index (χ1) is 15.0. The summed E-state index contributed by atoms with van der Waals surface area (Å²) in [5.74, 6) is 0.489. The molecule has 0 aliphatic heterocycles. The largest absolute Gasteiger partial charge is 0.489 e. The maximum Gasteiger partial charge on any atom is 0.256 e. The number of nitrogens with one attached hydrogen (secondary N) is 1. The van der Waals surface area contributed by atoms with Crippen molar-refractivity contribution >= 4 is 23.3 Å².